The average molecular weight is 241 g/mol. The Morgan fingerprint density at radius 2 is 2.18 bits per heavy atom. The number of carbonyl (C=O) groups is 2. The summed E-state index contributed by atoms with van der Waals surface area (Å²) >= 11 is 0. The van der Waals surface area contributed by atoms with Gasteiger partial charge in [-0.05, 0) is 38.5 Å². The lowest BCUT2D eigenvalue weighted by Crippen LogP contribution is -2.41. The second-order valence-electron chi connectivity index (χ2n) is 5.17. The van der Waals surface area contributed by atoms with Gasteiger partial charge in [-0.3, -0.25) is 9.59 Å². The van der Waals surface area contributed by atoms with Gasteiger partial charge in [-0.25, -0.2) is 0 Å². The van der Waals surface area contributed by atoms with Crippen LogP contribution in [0.25, 0.3) is 0 Å². The van der Waals surface area contributed by atoms with Crippen LogP contribution in [-0.2, 0) is 14.3 Å². The molecule has 1 saturated carbocycles. The van der Waals surface area contributed by atoms with Crippen LogP contribution in [-0.4, -0.2) is 36.2 Å². The van der Waals surface area contributed by atoms with Gasteiger partial charge >= 0.3 is 5.97 Å². The van der Waals surface area contributed by atoms with Crippen LogP contribution in [0.3, 0.4) is 0 Å². The van der Waals surface area contributed by atoms with Gasteiger partial charge in [0.2, 0.25) is 5.91 Å². The molecule has 2 atom stereocenters. The second-order valence-corrected chi connectivity index (χ2v) is 5.17. The lowest BCUT2D eigenvalue weighted by atomic mass is 9.96. The Kier molecular flexibility index (Phi) is 3.38. The maximum Gasteiger partial charge on any atom is 0.319 e. The Morgan fingerprint density at radius 3 is 2.71 bits per heavy atom. The molecule has 0 spiro atoms. The number of carbonyl (C=O) groups excluding carboxylic acids is 1. The van der Waals surface area contributed by atoms with Gasteiger partial charge in [0.1, 0.15) is 5.41 Å². The monoisotopic (exact) mass is 241 g/mol. The van der Waals surface area contributed by atoms with E-state index in [1.54, 1.807) is 0 Å². The summed E-state index contributed by atoms with van der Waals surface area (Å²) in [6, 6.07) is 0. The number of nitrogens with one attached hydrogen (secondary N) is 1. The van der Waals surface area contributed by atoms with E-state index in [4.69, 9.17) is 9.84 Å². The topological polar surface area (TPSA) is 75.6 Å². The molecule has 5 heteroatoms. The molecule has 0 aromatic carbocycles. The molecule has 1 saturated heterocycles. The Morgan fingerprint density at radius 1 is 1.47 bits per heavy atom. The van der Waals surface area contributed by atoms with Crippen LogP contribution in [0, 0.1) is 11.3 Å². The molecular formula is C12H19NO4. The predicted molar refractivity (Wildman–Crippen MR) is 60.5 cm³/mol. The molecule has 2 fully saturated rings. The third kappa shape index (κ3) is 2.60. The fourth-order valence-corrected chi connectivity index (χ4v) is 2.35. The molecule has 2 N–H and O–H groups in total. The van der Waals surface area contributed by atoms with Crippen LogP contribution >= 0.6 is 0 Å². The van der Waals surface area contributed by atoms with Crippen molar-refractivity contribution in [2.24, 2.45) is 11.3 Å². The van der Waals surface area contributed by atoms with Gasteiger partial charge in [0, 0.05) is 13.2 Å². The Bertz CT molecular complexity index is 324. The van der Waals surface area contributed by atoms with E-state index >= 15 is 0 Å². The highest BCUT2D eigenvalue weighted by Crippen LogP contribution is 2.46. The lowest BCUT2D eigenvalue weighted by molar-refractivity contribution is -0.149. The van der Waals surface area contributed by atoms with Crippen molar-refractivity contribution in [3.05, 3.63) is 0 Å². The van der Waals surface area contributed by atoms with Crippen molar-refractivity contribution in [2.75, 3.05) is 13.2 Å². The van der Waals surface area contributed by atoms with Crippen LogP contribution in [0.4, 0.5) is 0 Å². The van der Waals surface area contributed by atoms with Crippen LogP contribution in [0.5, 0.6) is 0 Å². The van der Waals surface area contributed by atoms with E-state index in [-0.39, 0.29) is 12.0 Å². The molecule has 2 rings (SSSR count). The first-order valence-corrected chi connectivity index (χ1v) is 6.18. The molecule has 17 heavy (non-hydrogen) atoms. The highest BCUT2D eigenvalue weighted by molar-refractivity contribution is 6.04. The first-order chi connectivity index (χ1) is 8.04. The molecule has 0 aromatic rings. The van der Waals surface area contributed by atoms with E-state index in [1.165, 1.54) is 0 Å². The molecule has 0 radical (unpaired) electrons. The fraction of sp³-hybridized carbons (Fsp3) is 0.833. The van der Waals surface area contributed by atoms with E-state index in [0.29, 0.717) is 25.3 Å². The summed E-state index contributed by atoms with van der Waals surface area (Å²) in [7, 11) is 0. The van der Waals surface area contributed by atoms with E-state index in [0.717, 1.165) is 19.4 Å². The summed E-state index contributed by atoms with van der Waals surface area (Å²) in [5.41, 5.74) is -1.11. The minimum Gasteiger partial charge on any atom is -0.480 e. The van der Waals surface area contributed by atoms with E-state index in [2.05, 4.69) is 5.32 Å². The van der Waals surface area contributed by atoms with Crippen LogP contribution < -0.4 is 5.32 Å². The number of hydrogen-bond acceptors (Lipinski definition) is 3. The first kappa shape index (κ1) is 12.4. The van der Waals surface area contributed by atoms with Crippen LogP contribution in [0.15, 0.2) is 0 Å². The maximum atomic E-state index is 11.8. The minimum absolute atomic E-state index is 0.236. The van der Waals surface area contributed by atoms with Gasteiger partial charge in [-0.2, -0.15) is 0 Å². The third-order valence-electron chi connectivity index (χ3n) is 3.74. The number of rotatable bonds is 4. The van der Waals surface area contributed by atoms with Crippen molar-refractivity contribution >= 4 is 11.9 Å². The molecule has 0 bridgehead atoms. The zero-order chi connectivity index (χ0) is 12.5. The van der Waals surface area contributed by atoms with Gasteiger partial charge in [0.25, 0.3) is 0 Å². The molecule has 0 aromatic heterocycles. The van der Waals surface area contributed by atoms with Crippen molar-refractivity contribution in [3.63, 3.8) is 0 Å². The molecule has 2 aliphatic rings. The van der Waals surface area contributed by atoms with Crippen molar-refractivity contribution in [1.82, 2.24) is 5.32 Å². The molecule has 1 amide bonds. The fourth-order valence-electron chi connectivity index (χ4n) is 2.35. The summed E-state index contributed by atoms with van der Waals surface area (Å²) < 4.78 is 5.43. The number of amides is 1. The first-order valence-electron chi connectivity index (χ1n) is 6.18. The van der Waals surface area contributed by atoms with Gasteiger partial charge in [-0.15, -0.1) is 0 Å². The standard InChI is InChI=1S/C12H19NO4/c1-8-6-9(2-5-17-8)7-13-10(14)12(3-4-12)11(15)16/h8-9H,2-7H2,1H3,(H,13,14)(H,15,16). The highest BCUT2D eigenvalue weighted by atomic mass is 16.5. The normalized spacial score (nSPS) is 30.6. The van der Waals surface area contributed by atoms with E-state index in [9.17, 15) is 9.59 Å². The minimum atomic E-state index is -1.11. The number of carboxylic acids is 1. The number of ether oxygens (including phenoxy) is 1. The molecular weight excluding hydrogens is 222 g/mol. The Hall–Kier alpha value is -1.10. The summed E-state index contributed by atoms with van der Waals surface area (Å²) in [6.45, 7) is 3.32. The lowest BCUT2D eigenvalue weighted by Gasteiger charge is -2.27. The maximum absolute atomic E-state index is 11.8. The summed E-state index contributed by atoms with van der Waals surface area (Å²) in [4.78, 5) is 22.7. The second kappa shape index (κ2) is 4.64. The van der Waals surface area contributed by atoms with Crippen LogP contribution in [0.1, 0.15) is 32.6 Å². The van der Waals surface area contributed by atoms with Gasteiger partial charge < -0.3 is 15.2 Å². The van der Waals surface area contributed by atoms with Crippen molar-refractivity contribution in [3.8, 4) is 0 Å². The number of aliphatic carboxylic acids is 1. The molecule has 1 heterocycles. The summed E-state index contributed by atoms with van der Waals surface area (Å²) in [6.07, 6.45) is 3.04. The highest BCUT2D eigenvalue weighted by Gasteiger charge is 2.57. The third-order valence-corrected chi connectivity index (χ3v) is 3.74. The zero-order valence-corrected chi connectivity index (χ0v) is 10.1. The van der Waals surface area contributed by atoms with Crippen molar-refractivity contribution in [2.45, 2.75) is 38.7 Å². The van der Waals surface area contributed by atoms with Gasteiger partial charge in [0.05, 0.1) is 6.10 Å². The smallest absolute Gasteiger partial charge is 0.319 e. The predicted octanol–water partition coefficient (Wildman–Crippen LogP) is 0.782. The number of hydrogen-bond donors (Lipinski definition) is 2. The van der Waals surface area contributed by atoms with Crippen molar-refractivity contribution in [1.29, 1.82) is 0 Å². The number of carboxylic acid groups (broad SMARTS) is 1. The summed E-state index contributed by atoms with van der Waals surface area (Å²) in [5, 5.41) is 11.8. The molecule has 1 aliphatic heterocycles. The van der Waals surface area contributed by atoms with Gasteiger partial charge in [0.15, 0.2) is 0 Å². The molecule has 5 nitrogen and oxygen atoms in total. The van der Waals surface area contributed by atoms with E-state index in [1.807, 2.05) is 6.92 Å². The van der Waals surface area contributed by atoms with Crippen LogP contribution in [0.2, 0.25) is 0 Å². The molecule has 2 unspecified atom stereocenters. The summed E-state index contributed by atoms with van der Waals surface area (Å²) in [5.74, 6) is -0.896. The Labute approximate surface area is 101 Å². The quantitative estimate of drug-likeness (QED) is 0.713. The Balaban J connectivity index is 1.78. The molecule has 1 aliphatic carbocycles. The zero-order valence-electron chi connectivity index (χ0n) is 10.1. The largest absolute Gasteiger partial charge is 0.480 e. The van der Waals surface area contributed by atoms with Crippen molar-refractivity contribution < 1.29 is 19.4 Å². The van der Waals surface area contributed by atoms with E-state index < -0.39 is 11.4 Å². The molecule has 96 valence electrons. The van der Waals surface area contributed by atoms with Gasteiger partial charge in [-0.1, -0.05) is 0 Å². The average Bonchev–Trinajstić information content (AvgIpc) is 3.07. The SMILES string of the molecule is CC1CC(CNC(=O)C2(C(=O)O)CC2)CCO1.